The molecule has 0 heterocycles. The van der Waals surface area contributed by atoms with Gasteiger partial charge < -0.3 is 23.4 Å². The second-order valence-electron chi connectivity index (χ2n) is 9.45. The van der Waals surface area contributed by atoms with Crippen molar-refractivity contribution in [2.75, 3.05) is 14.2 Å². The molecule has 4 rings (SSSR count). The largest absolute Gasteiger partial charge is 1.00 e. The molecule has 0 amide bonds. The Balaban J connectivity index is 0.00000529. The molecule has 4 aromatic rings. The second-order valence-corrected chi connectivity index (χ2v) is 11.6. The topological polar surface area (TPSA) is 111 Å². The number of phosphoric ester groups is 1. The van der Waals surface area contributed by atoms with Crippen LogP contribution in [0.1, 0.15) is 44.7 Å². The molecule has 0 bridgehead atoms. The summed E-state index contributed by atoms with van der Waals surface area (Å²) in [6.45, 7) is 0. The zero-order chi connectivity index (χ0) is 31.0. The van der Waals surface area contributed by atoms with Gasteiger partial charge in [-0.25, -0.2) is 4.57 Å². The molecule has 0 N–H and O–H groups in total. The number of rotatable bonds is 14. The molecule has 0 saturated heterocycles. The van der Waals surface area contributed by atoms with Gasteiger partial charge >= 0.3 is 37.4 Å². The minimum atomic E-state index is -4.94. The number of methoxy groups -OCH3 is 2. The van der Waals surface area contributed by atoms with Crippen molar-refractivity contribution >= 4 is 42.6 Å². The second kappa shape index (κ2) is 16.5. The molecule has 0 fully saturated rings. The molecular weight excluding hydrogens is 637 g/mol. The molecule has 0 spiro atoms. The van der Waals surface area contributed by atoms with E-state index in [1.165, 1.54) is 50.6 Å². The molecule has 0 saturated carbocycles. The first-order valence-corrected chi connectivity index (χ1v) is 15.4. The fourth-order valence-corrected chi connectivity index (χ4v) is 5.31. The molecule has 44 heavy (non-hydrogen) atoms. The van der Waals surface area contributed by atoms with Crippen LogP contribution < -0.4 is 53.0 Å². The minimum absolute atomic E-state index is 0. The van der Waals surface area contributed by atoms with Gasteiger partial charge in [0.2, 0.25) is 0 Å². The number of ketones is 2. The third-order valence-corrected chi connectivity index (χ3v) is 7.86. The smallest absolute Gasteiger partial charge is 0.736 e. The summed E-state index contributed by atoms with van der Waals surface area (Å²) in [6.07, 6.45) is 1.42. The first-order chi connectivity index (χ1) is 20.6. The number of carbonyl (C=O) groups excluding carboxylic acids is 2. The number of benzene rings is 4. The normalized spacial score (nSPS) is 10.8. The van der Waals surface area contributed by atoms with Crippen molar-refractivity contribution in [3.8, 4) is 23.0 Å². The Morgan fingerprint density at radius 1 is 0.659 bits per heavy atom. The van der Waals surface area contributed by atoms with E-state index in [1.54, 1.807) is 24.3 Å². The Labute approximate surface area is 288 Å². The summed E-state index contributed by atoms with van der Waals surface area (Å²) >= 11 is 11.8. The number of Topliss-reactive ketones (excluding diaryl/α,β-unsaturated/α-hetero) is 2. The summed E-state index contributed by atoms with van der Waals surface area (Å²) in [7, 11) is -2.20. The average Bonchev–Trinajstić information content (AvgIpc) is 2.99. The van der Waals surface area contributed by atoms with Gasteiger partial charge in [-0.3, -0.25) is 9.59 Å². The van der Waals surface area contributed by atoms with Crippen LogP contribution in [0.2, 0.25) is 10.0 Å². The Hall–Kier alpha value is -2.81. The van der Waals surface area contributed by atoms with Crippen LogP contribution in [0.15, 0.2) is 84.9 Å². The van der Waals surface area contributed by atoms with Crippen molar-refractivity contribution < 1.29 is 67.1 Å². The number of phosphoric acid groups is 1. The zero-order valence-electron chi connectivity index (χ0n) is 24.4. The molecule has 8 nitrogen and oxygen atoms in total. The Kier molecular flexibility index (Phi) is 13.4. The summed E-state index contributed by atoms with van der Waals surface area (Å²) in [5, 5.41) is 1.22. The van der Waals surface area contributed by atoms with Crippen LogP contribution in [0, 0.1) is 0 Å². The maximum absolute atomic E-state index is 12.8. The fourth-order valence-electron chi connectivity index (χ4n) is 4.28. The third-order valence-electron chi connectivity index (χ3n) is 6.49. The molecule has 224 valence electrons. The quantitative estimate of drug-likeness (QED) is 0.110. The first kappa shape index (κ1) is 35.7. The summed E-state index contributed by atoms with van der Waals surface area (Å²) in [4.78, 5) is 38.4. The van der Waals surface area contributed by atoms with Crippen molar-refractivity contribution in [3.05, 3.63) is 117 Å². The fraction of sp³-hybridized carbons (Fsp3) is 0.188. The standard InChI is InChI=1S/C32H29Cl2O8P.Na/c1-39-31-19-25(13-15-27(31)29(35)17-7-21-3-9-23(33)10-4-21)41-43(37,38)42-26-14-16-28(32(20-26)40-2)30(36)18-8-22-5-11-24(34)12-6-22;/h3-6,9-16,19-20H,7-8,17-18H2,1-2H3,(H,37,38);/q;+1/p-1. The van der Waals surface area contributed by atoms with Crippen LogP contribution in [-0.4, -0.2) is 25.8 Å². The van der Waals surface area contributed by atoms with Gasteiger partial charge in [-0.2, -0.15) is 0 Å². The molecule has 0 aliphatic carbocycles. The zero-order valence-corrected chi connectivity index (χ0v) is 28.8. The molecule has 0 unspecified atom stereocenters. The molecule has 0 radical (unpaired) electrons. The average molecular weight is 665 g/mol. The summed E-state index contributed by atoms with van der Waals surface area (Å²) in [6, 6.07) is 22.6. The van der Waals surface area contributed by atoms with E-state index in [0.717, 1.165) is 11.1 Å². The Morgan fingerprint density at radius 2 is 1.02 bits per heavy atom. The van der Waals surface area contributed by atoms with E-state index in [-0.39, 0.29) is 88.1 Å². The SMILES string of the molecule is COc1cc(OP(=O)([O-])Oc2ccc(C(=O)CCc3ccc(Cl)cc3)c(OC)c2)ccc1C(=O)CCc1ccc(Cl)cc1.[Na+]. The van der Waals surface area contributed by atoms with Crippen LogP contribution in [-0.2, 0) is 17.4 Å². The van der Waals surface area contributed by atoms with E-state index in [1.807, 2.05) is 24.3 Å². The maximum atomic E-state index is 12.8. The number of halogens is 2. The number of aryl methyl sites for hydroxylation is 2. The number of carbonyl (C=O) groups is 2. The van der Waals surface area contributed by atoms with Gasteiger partial charge in [0.25, 0.3) is 0 Å². The Morgan fingerprint density at radius 3 is 1.36 bits per heavy atom. The molecule has 0 atom stereocenters. The van der Waals surface area contributed by atoms with E-state index in [9.17, 15) is 19.0 Å². The first-order valence-electron chi connectivity index (χ1n) is 13.2. The van der Waals surface area contributed by atoms with Crippen molar-refractivity contribution in [2.24, 2.45) is 0 Å². The van der Waals surface area contributed by atoms with Crippen LogP contribution in [0.5, 0.6) is 23.0 Å². The van der Waals surface area contributed by atoms with Gasteiger partial charge in [-0.05, 0) is 72.5 Å². The predicted molar refractivity (Wildman–Crippen MR) is 163 cm³/mol. The monoisotopic (exact) mass is 664 g/mol. The molecule has 4 aromatic carbocycles. The van der Waals surface area contributed by atoms with Crippen molar-refractivity contribution in [2.45, 2.75) is 25.7 Å². The van der Waals surface area contributed by atoms with Gasteiger partial charge in [-0.15, -0.1) is 0 Å². The number of ether oxygens (including phenoxy) is 2. The van der Waals surface area contributed by atoms with E-state index in [4.69, 9.17) is 41.7 Å². The summed E-state index contributed by atoms with van der Waals surface area (Å²) in [5.41, 5.74) is 2.47. The minimum Gasteiger partial charge on any atom is -0.736 e. The Bertz CT molecular complexity index is 1530. The van der Waals surface area contributed by atoms with Gasteiger partial charge in [0, 0.05) is 35.0 Å². The molecule has 0 aliphatic rings. The van der Waals surface area contributed by atoms with E-state index in [0.29, 0.717) is 22.9 Å². The van der Waals surface area contributed by atoms with Crippen molar-refractivity contribution in [1.29, 1.82) is 0 Å². The van der Waals surface area contributed by atoms with E-state index < -0.39 is 7.82 Å². The van der Waals surface area contributed by atoms with Crippen LogP contribution in [0.25, 0.3) is 0 Å². The van der Waals surface area contributed by atoms with Crippen LogP contribution >= 0.6 is 31.0 Å². The van der Waals surface area contributed by atoms with E-state index >= 15 is 0 Å². The number of hydrogen-bond donors (Lipinski definition) is 0. The van der Waals surface area contributed by atoms with E-state index in [2.05, 4.69) is 0 Å². The number of hydrogen-bond acceptors (Lipinski definition) is 8. The molecule has 12 heteroatoms. The van der Waals surface area contributed by atoms with Crippen LogP contribution in [0.4, 0.5) is 0 Å². The maximum Gasteiger partial charge on any atom is 1.00 e. The van der Waals surface area contributed by atoms with Gasteiger partial charge in [0.1, 0.15) is 23.0 Å². The van der Waals surface area contributed by atoms with Gasteiger partial charge in [0.05, 0.1) is 25.3 Å². The van der Waals surface area contributed by atoms with Gasteiger partial charge in [0.15, 0.2) is 11.6 Å². The predicted octanol–water partition coefficient (Wildman–Crippen LogP) is 4.57. The van der Waals surface area contributed by atoms with Crippen LogP contribution in [0.3, 0.4) is 0 Å². The molecule has 0 aliphatic heterocycles. The van der Waals surface area contributed by atoms with Crippen molar-refractivity contribution in [1.82, 2.24) is 0 Å². The summed E-state index contributed by atoms with van der Waals surface area (Å²) in [5.74, 6) is -0.274. The third kappa shape index (κ3) is 10.1. The molecular formula is C32H28Cl2NaO8P. The molecule has 0 aromatic heterocycles. The van der Waals surface area contributed by atoms with Crippen molar-refractivity contribution in [3.63, 3.8) is 0 Å². The van der Waals surface area contributed by atoms with Gasteiger partial charge in [-0.1, -0.05) is 47.5 Å². The summed E-state index contributed by atoms with van der Waals surface area (Å²) < 4.78 is 33.6.